The normalized spacial score (nSPS) is 31.5. The molecule has 0 radical (unpaired) electrons. The van der Waals surface area contributed by atoms with Crippen LogP contribution in [0.15, 0.2) is 0 Å². The van der Waals surface area contributed by atoms with Gasteiger partial charge in [0, 0.05) is 11.0 Å². The summed E-state index contributed by atoms with van der Waals surface area (Å²) in [7, 11) is 0. The van der Waals surface area contributed by atoms with Crippen LogP contribution in [-0.4, -0.2) is 11.1 Å². The molecule has 0 aliphatic carbocycles. The predicted octanol–water partition coefficient (Wildman–Crippen LogP) is 2.04. The van der Waals surface area contributed by atoms with Gasteiger partial charge in [0.15, 0.2) is 0 Å². The van der Waals surface area contributed by atoms with E-state index in [1.807, 2.05) is 13.8 Å². The molecule has 1 saturated heterocycles. The zero-order valence-electron chi connectivity index (χ0n) is 8.82. The van der Waals surface area contributed by atoms with Gasteiger partial charge >= 0.3 is 0 Å². The Morgan fingerprint density at radius 3 is 1.75 bits per heavy atom. The minimum absolute atomic E-state index is 0.0122. The topological polar surface area (TPSA) is 30.5 Å². The van der Waals surface area contributed by atoms with Gasteiger partial charge in [0.05, 0.1) is 0 Å². The highest BCUT2D eigenvalue weighted by molar-refractivity contribution is 5.02. The minimum atomic E-state index is -0.276. The third-order valence-electron chi connectivity index (χ3n) is 3.61. The van der Waals surface area contributed by atoms with Crippen molar-refractivity contribution < 1.29 is 9.88 Å². The van der Waals surface area contributed by atoms with Gasteiger partial charge in [0.1, 0.15) is 5.60 Å². The molecule has 72 valence electrons. The molecule has 1 aliphatic heterocycles. The molecular formula is C9H19NO2. The van der Waals surface area contributed by atoms with E-state index in [2.05, 4.69) is 33.2 Å². The van der Waals surface area contributed by atoms with Crippen LogP contribution in [0.4, 0.5) is 0 Å². The fourth-order valence-corrected chi connectivity index (χ4v) is 1.21. The number of hydrogen-bond acceptors (Lipinski definition) is 3. The van der Waals surface area contributed by atoms with Crippen molar-refractivity contribution in [2.24, 2.45) is 5.41 Å². The number of hydroxylamine groups is 1. The minimum Gasteiger partial charge on any atom is -0.211 e. The molecule has 12 heavy (non-hydrogen) atoms. The van der Waals surface area contributed by atoms with E-state index < -0.39 is 0 Å². The van der Waals surface area contributed by atoms with Gasteiger partial charge in [-0.25, -0.2) is 4.89 Å². The van der Waals surface area contributed by atoms with Crippen molar-refractivity contribution in [3.8, 4) is 0 Å². The molecule has 1 rings (SSSR count). The molecule has 3 heteroatoms. The average Bonchev–Trinajstić information content (AvgIpc) is 1.83. The second kappa shape index (κ2) is 2.44. The van der Waals surface area contributed by atoms with Gasteiger partial charge in [-0.05, 0) is 27.7 Å². The zero-order chi connectivity index (χ0) is 9.62. The summed E-state index contributed by atoms with van der Waals surface area (Å²) in [5.41, 5.74) is 2.53. The summed E-state index contributed by atoms with van der Waals surface area (Å²) in [5, 5.41) is 0. The van der Waals surface area contributed by atoms with Crippen LogP contribution >= 0.6 is 0 Å². The Morgan fingerprint density at radius 2 is 1.42 bits per heavy atom. The maximum Gasteiger partial charge on any atom is 0.107 e. The molecule has 0 bridgehead atoms. The quantitative estimate of drug-likeness (QED) is 0.569. The van der Waals surface area contributed by atoms with Crippen LogP contribution in [0.5, 0.6) is 0 Å². The van der Waals surface area contributed by atoms with Gasteiger partial charge in [0.2, 0.25) is 0 Å². The fourth-order valence-electron chi connectivity index (χ4n) is 1.21. The van der Waals surface area contributed by atoms with Crippen LogP contribution in [0.2, 0.25) is 0 Å². The molecule has 0 atom stereocenters. The highest BCUT2D eigenvalue weighted by atomic mass is 17.3. The van der Waals surface area contributed by atoms with Crippen LogP contribution in [0.1, 0.15) is 41.5 Å². The van der Waals surface area contributed by atoms with Gasteiger partial charge in [-0.1, -0.05) is 13.8 Å². The van der Waals surface area contributed by atoms with Crippen LogP contribution in [-0.2, 0) is 9.88 Å². The first-order valence-electron chi connectivity index (χ1n) is 4.32. The number of rotatable bonds is 0. The first kappa shape index (κ1) is 9.96. The number of hydrogen-bond donors (Lipinski definition) is 1. The van der Waals surface area contributed by atoms with E-state index in [1.165, 1.54) is 0 Å². The van der Waals surface area contributed by atoms with Gasteiger partial charge in [-0.3, -0.25) is 0 Å². The summed E-state index contributed by atoms with van der Waals surface area (Å²) in [4.78, 5) is 10.1. The van der Waals surface area contributed by atoms with E-state index in [-0.39, 0.29) is 16.6 Å². The van der Waals surface area contributed by atoms with E-state index in [0.29, 0.717) is 0 Å². The van der Waals surface area contributed by atoms with Gasteiger partial charge in [0.25, 0.3) is 0 Å². The highest BCUT2D eigenvalue weighted by Gasteiger charge is 2.53. The van der Waals surface area contributed by atoms with Crippen molar-refractivity contribution in [2.45, 2.75) is 52.7 Å². The molecule has 3 nitrogen and oxygen atoms in total. The Hall–Kier alpha value is -0.120. The Kier molecular flexibility index (Phi) is 2.02. The average molecular weight is 173 g/mol. The van der Waals surface area contributed by atoms with Gasteiger partial charge < -0.3 is 0 Å². The third kappa shape index (κ3) is 1.16. The lowest BCUT2D eigenvalue weighted by molar-refractivity contribution is -0.459. The fraction of sp³-hybridized carbons (Fsp3) is 1.00. The molecular weight excluding hydrogens is 154 g/mol. The highest BCUT2D eigenvalue weighted by Crippen LogP contribution is 2.45. The molecule has 1 aliphatic rings. The molecule has 1 N–H and O–H groups in total. The largest absolute Gasteiger partial charge is 0.211 e. The summed E-state index contributed by atoms with van der Waals surface area (Å²) in [6, 6.07) is 0. The Balaban J connectivity index is 2.99. The van der Waals surface area contributed by atoms with Crippen molar-refractivity contribution >= 4 is 0 Å². The van der Waals surface area contributed by atoms with Crippen LogP contribution in [0, 0.1) is 5.41 Å². The van der Waals surface area contributed by atoms with Crippen LogP contribution < -0.4 is 5.48 Å². The van der Waals surface area contributed by atoms with E-state index in [0.717, 1.165) is 0 Å². The summed E-state index contributed by atoms with van der Waals surface area (Å²) >= 11 is 0. The molecule has 0 amide bonds. The Bertz CT molecular complexity index is 167. The smallest absolute Gasteiger partial charge is 0.107 e. The lowest BCUT2D eigenvalue weighted by Crippen LogP contribution is -2.65. The Morgan fingerprint density at radius 1 is 0.917 bits per heavy atom. The third-order valence-corrected chi connectivity index (χ3v) is 3.61. The SMILES string of the molecule is CC1(C)NOOC(C)(C)C1(C)C. The molecule has 0 spiro atoms. The first-order valence-corrected chi connectivity index (χ1v) is 4.32. The van der Waals surface area contributed by atoms with E-state index >= 15 is 0 Å². The summed E-state index contributed by atoms with van der Waals surface area (Å²) in [5.74, 6) is 0. The molecule has 0 aromatic rings. The van der Waals surface area contributed by atoms with Crippen molar-refractivity contribution in [3.63, 3.8) is 0 Å². The molecule has 0 aromatic carbocycles. The predicted molar refractivity (Wildman–Crippen MR) is 47.2 cm³/mol. The second-order valence-corrected chi connectivity index (χ2v) is 5.03. The van der Waals surface area contributed by atoms with Crippen LogP contribution in [0.25, 0.3) is 0 Å². The zero-order valence-corrected chi connectivity index (χ0v) is 8.82. The molecule has 0 aromatic heterocycles. The van der Waals surface area contributed by atoms with Gasteiger partial charge in [-0.15, -0.1) is 4.99 Å². The maximum absolute atomic E-state index is 5.21. The summed E-state index contributed by atoms with van der Waals surface area (Å²) < 4.78 is 0. The lowest BCUT2D eigenvalue weighted by Gasteiger charge is -2.53. The summed E-state index contributed by atoms with van der Waals surface area (Å²) in [6.07, 6.45) is 0. The monoisotopic (exact) mass is 173 g/mol. The van der Waals surface area contributed by atoms with Crippen LogP contribution in [0.3, 0.4) is 0 Å². The first-order chi connectivity index (χ1) is 5.21. The van der Waals surface area contributed by atoms with E-state index in [9.17, 15) is 0 Å². The van der Waals surface area contributed by atoms with Crippen molar-refractivity contribution in [2.75, 3.05) is 0 Å². The van der Waals surface area contributed by atoms with Crippen molar-refractivity contribution in [1.29, 1.82) is 0 Å². The molecule has 0 saturated carbocycles. The summed E-state index contributed by atoms with van der Waals surface area (Å²) in [6.45, 7) is 12.6. The van der Waals surface area contributed by atoms with Gasteiger partial charge in [-0.2, -0.15) is 5.48 Å². The van der Waals surface area contributed by atoms with Crippen molar-refractivity contribution in [3.05, 3.63) is 0 Å². The van der Waals surface area contributed by atoms with E-state index in [4.69, 9.17) is 9.88 Å². The molecule has 0 unspecified atom stereocenters. The standard InChI is InChI=1S/C9H19NO2/c1-7(2)8(3,4)10-12-11-9(7,5)6/h10H,1-6H3. The van der Waals surface area contributed by atoms with E-state index in [1.54, 1.807) is 0 Å². The lowest BCUT2D eigenvalue weighted by atomic mass is 9.65. The number of nitrogens with one attached hydrogen (secondary N) is 1. The Labute approximate surface area is 74.3 Å². The maximum atomic E-state index is 5.21. The van der Waals surface area contributed by atoms with Crippen molar-refractivity contribution in [1.82, 2.24) is 5.48 Å². The molecule has 1 heterocycles. The molecule has 1 fully saturated rings. The second-order valence-electron chi connectivity index (χ2n) is 5.03.